The second kappa shape index (κ2) is 13.8. The maximum atomic E-state index is 12.3. The van der Waals surface area contributed by atoms with Crippen LogP contribution >= 0.6 is 22.1 Å². The first-order chi connectivity index (χ1) is 18.0. The SMILES string of the molecule is Cc1ccc2nc(CN3CCN(CP(C)(=O)O)CCN(CP(C)(=O)O)CCN(CP(C)(=O)O)CC3)ccc2c1. The number of aromatic nitrogens is 1. The number of hydrogen-bond acceptors (Lipinski definition) is 8. The zero-order valence-corrected chi connectivity index (χ0v) is 26.2. The van der Waals surface area contributed by atoms with Crippen molar-refractivity contribution in [1.29, 1.82) is 0 Å². The molecule has 1 aromatic carbocycles. The Morgan fingerprint density at radius 3 is 1.49 bits per heavy atom. The molecular formula is C25H44N5O6P3. The van der Waals surface area contributed by atoms with Gasteiger partial charge in [0.2, 0.25) is 22.1 Å². The van der Waals surface area contributed by atoms with Gasteiger partial charge in [-0.25, -0.2) is 0 Å². The van der Waals surface area contributed by atoms with Crippen molar-refractivity contribution < 1.29 is 28.4 Å². The Bertz CT molecular complexity index is 1210. The van der Waals surface area contributed by atoms with Crippen LogP contribution in [0.25, 0.3) is 10.9 Å². The molecule has 11 nitrogen and oxygen atoms in total. The molecular weight excluding hydrogens is 559 g/mol. The van der Waals surface area contributed by atoms with Crippen LogP contribution < -0.4 is 0 Å². The number of aryl methyl sites for hydroxylation is 1. The van der Waals surface area contributed by atoms with E-state index in [-0.39, 0.29) is 18.9 Å². The van der Waals surface area contributed by atoms with Crippen molar-refractivity contribution in [1.82, 2.24) is 24.6 Å². The van der Waals surface area contributed by atoms with Crippen molar-refractivity contribution in [3.63, 3.8) is 0 Å². The Balaban J connectivity index is 1.83. The van der Waals surface area contributed by atoms with E-state index < -0.39 is 22.1 Å². The van der Waals surface area contributed by atoms with Crippen LogP contribution in [0.1, 0.15) is 11.3 Å². The summed E-state index contributed by atoms with van der Waals surface area (Å²) >= 11 is 0. The molecule has 1 aliphatic heterocycles. The van der Waals surface area contributed by atoms with Gasteiger partial charge in [-0.3, -0.25) is 38.3 Å². The number of rotatable bonds is 8. The van der Waals surface area contributed by atoms with Crippen LogP contribution in [0.4, 0.5) is 0 Å². The van der Waals surface area contributed by atoms with Gasteiger partial charge in [0.25, 0.3) is 0 Å². The first-order valence-electron chi connectivity index (χ1n) is 13.2. The van der Waals surface area contributed by atoms with Crippen LogP contribution in [0.2, 0.25) is 0 Å². The van der Waals surface area contributed by atoms with Gasteiger partial charge in [-0.2, -0.15) is 0 Å². The maximum Gasteiger partial charge on any atom is 0.211 e. The van der Waals surface area contributed by atoms with Crippen LogP contribution in [0, 0.1) is 6.92 Å². The molecule has 3 atom stereocenters. The summed E-state index contributed by atoms with van der Waals surface area (Å²) < 4.78 is 36.8. The lowest BCUT2D eigenvalue weighted by atomic mass is 10.1. The second-order valence-electron chi connectivity index (χ2n) is 11.2. The highest BCUT2D eigenvalue weighted by Gasteiger charge is 2.24. The normalized spacial score (nSPS) is 22.8. The average Bonchev–Trinajstić information content (AvgIpc) is 2.78. The van der Waals surface area contributed by atoms with Crippen molar-refractivity contribution in [2.45, 2.75) is 13.5 Å². The Morgan fingerprint density at radius 1 is 0.667 bits per heavy atom. The van der Waals surface area contributed by atoms with E-state index in [1.807, 2.05) is 32.9 Å². The number of nitrogens with zero attached hydrogens (tertiary/aromatic N) is 5. The third-order valence-corrected chi connectivity index (χ3v) is 9.38. The molecule has 0 saturated carbocycles. The van der Waals surface area contributed by atoms with Crippen LogP contribution in [-0.4, -0.2) is 130 Å². The first-order valence-corrected chi connectivity index (χ1v) is 20.1. The fraction of sp³-hybridized carbons (Fsp3) is 0.640. The van der Waals surface area contributed by atoms with Gasteiger partial charge in [0.1, 0.15) is 0 Å². The predicted octanol–water partition coefficient (Wildman–Crippen LogP) is 2.84. The summed E-state index contributed by atoms with van der Waals surface area (Å²) in [6, 6.07) is 10.2. The van der Waals surface area contributed by atoms with Gasteiger partial charge in [-0.1, -0.05) is 17.7 Å². The summed E-state index contributed by atoms with van der Waals surface area (Å²) in [5.74, 6) is 0. The largest absolute Gasteiger partial charge is 0.344 e. The van der Waals surface area contributed by atoms with Crippen LogP contribution in [0.15, 0.2) is 30.3 Å². The van der Waals surface area contributed by atoms with Gasteiger partial charge in [-0.15, -0.1) is 0 Å². The third kappa shape index (κ3) is 12.6. The molecule has 3 rings (SSSR count). The lowest BCUT2D eigenvalue weighted by Crippen LogP contribution is -2.46. The molecule has 2 aromatic rings. The van der Waals surface area contributed by atoms with E-state index in [0.29, 0.717) is 58.9 Å². The maximum absolute atomic E-state index is 12.3. The highest BCUT2D eigenvalue weighted by atomic mass is 31.2. The smallest absolute Gasteiger partial charge is 0.211 e. The molecule has 1 aliphatic rings. The molecule has 1 aromatic heterocycles. The van der Waals surface area contributed by atoms with Crippen molar-refractivity contribution in [3.05, 3.63) is 41.6 Å². The molecule has 1 saturated heterocycles. The Morgan fingerprint density at radius 2 is 1.08 bits per heavy atom. The molecule has 220 valence electrons. The van der Waals surface area contributed by atoms with Gasteiger partial charge < -0.3 is 14.7 Å². The molecule has 3 N–H and O–H groups in total. The molecule has 2 heterocycles. The number of pyridine rings is 1. The molecule has 0 radical (unpaired) electrons. The van der Waals surface area contributed by atoms with Crippen LogP contribution in [0.5, 0.6) is 0 Å². The van der Waals surface area contributed by atoms with Gasteiger partial charge in [0.15, 0.2) is 0 Å². The molecule has 0 aliphatic carbocycles. The lowest BCUT2D eigenvalue weighted by Gasteiger charge is -2.35. The van der Waals surface area contributed by atoms with E-state index in [1.54, 1.807) is 0 Å². The zero-order chi connectivity index (χ0) is 28.8. The Labute approximate surface area is 232 Å². The zero-order valence-electron chi connectivity index (χ0n) is 23.5. The van der Waals surface area contributed by atoms with E-state index >= 15 is 0 Å². The van der Waals surface area contributed by atoms with Gasteiger partial charge in [-0.05, 0) is 25.1 Å². The lowest BCUT2D eigenvalue weighted by molar-refractivity contribution is 0.148. The quantitative estimate of drug-likeness (QED) is 0.384. The van der Waals surface area contributed by atoms with E-state index in [1.165, 1.54) is 25.6 Å². The monoisotopic (exact) mass is 603 g/mol. The Kier molecular flexibility index (Phi) is 11.5. The van der Waals surface area contributed by atoms with Crippen molar-refractivity contribution in [3.8, 4) is 0 Å². The Hall–Kier alpha value is -0.960. The minimum absolute atomic E-state index is 0.000214. The fourth-order valence-electron chi connectivity index (χ4n) is 4.88. The minimum atomic E-state index is -3.34. The molecule has 1 fully saturated rings. The summed E-state index contributed by atoms with van der Waals surface area (Å²) in [5, 5.41) is 1.08. The summed E-state index contributed by atoms with van der Waals surface area (Å²) in [6.07, 6.45) is 0.0847. The van der Waals surface area contributed by atoms with Crippen LogP contribution in [-0.2, 0) is 20.2 Å². The number of benzene rings is 1. The molecule has 39 heavy (non-hydrogen) atoms. The topological polar surface area (TPSA) is 138 Å². The van der Waals surface area contributed by atoms with Crippen molar-refractivity contribution in [2.75, 3.05) is 91.2 Å². The fourth-order valence-corrected chi connectivity index (χ4v) is 7.95. The molecule has 0 spiro atoms. The molecule has 0 amide bonds. The average molecular weight is 604 g/mol. The summed E-state index contributed by atoms with van der Waals surface area (Å²) in [6.45, 7) is 10.8. The number of hydrogen-bond donors (Lipinski definition) is 3. The molecule has 0 bridgehead atoms. The summed E-state index contributed by atoms with van der Waals surface area (Å²) in [4.78, 5) is 43.1. The molecule has 14 heteroatoms. The molecule has 3 unspecified atom stereocenters. The van der Waals surface area contributed by atoms with Crippen molar-refractivity contribution in [2.24, 2.45) is 0 Å². The van der Waals surface area contributed by atoms with Crippen LogP contribution in [0.3, 0.4) is 0 Å². The highest BCUT2D eigenvalue weighted by molar-refractivity contribution is 7.57. The minimum Gasteiger partial charge on any atom is -0.344 e. The summed E-state index contributed by atoms with van der Waals surface area (Å²) in [5.41, 5.74) is 3.01. The van der Waals surface area contributed by atoms with E-state index in [0.717, 1.165) is 16.6 Å². The standard InChI is InChI=1S/C25H44N5O6P3/c1-22-5-8-25-23(17-22)6-7-24(26-25)18-27-9-11-28(19-37(2,31)32)13-15-30(21-39(4,35)36)16-14-29(12-10-27)20-38(3,33)34/h5-8,17H,9-16,18-21H2,1-4H3,(H,31,32)(H,33,34)(H,35,36). The van der Waals surface area contributed by atoms with Gasteiger partial charge >= 0.3 is 0 Å². The van der Waals surface area contributed by atoms with E-state index in [9.17, 15) is 28.4 Å². The van der Waals surface area contributed by atoms with Crippen molar-refractivity contribution >= 4 is 33.0 Å². The predicted molar refractivity (Wildman–Crippen MR) is 158 cm³/mol. The number of fused-ring (bicyclic) bond motifs is 1. The second-order valence-corrected chi connectivity index (χ2v) is 18.4. The van der Waals surface area contributed by atoms with E-state index in [2.05, 4.69) is 24.0 Å². The summed E-state index contributed by atoms with van der Waals surface area (Å²) in [7, 11) is -9.98. The van der Waals surface area contributed by atoms with Gasteiger partial charge in [0, 0.05) is 84.3 Å². The van der Waals surface area contributed by atoms with Gasteiger partial charge in [0.05, 0.1) is 30.1 Å². The first kappa shape index (κ1) is 32.6. The third-order valence-electron chi connectivity index (χ3n) is 6.61. The highest BCUT2D eigenvalue weighted by Crippen LogP contribution is 2.38. The van der Waals surface area contributed by atoms with E-state index in [4.69, 9.17) is 4.98 Å².